The molecule has 0 radical (unpaired) electrons. The Kier molecular flexibility index (Phi) is 5.16. The van der Waals surface area contributed by atoms with Crippen LogP contribution in [-0.4, -0.2) is 36.3 Å². The predicted octanol–water partition coefficient (Wildman–Crippen LogP) is 2.67. The number of hydrogen-bond acceptors (Lipinski definition) is 3. The van der Waals surface area contributed by atoms with E-state index < -0.39 is 0 Å². The van der Waals surface area contributed by atoms with Crippen LogP contribution in [0.2, 0.25) is 0 Å². The standard InChI is InChI=1S/C16H21NO3/c1-2-20-14-7-5-13(6-8-14)15(18)9-10-16(19)17-11-3-4-12-17/h5-8H,2-4,9-12H2,1H3. The molecule has 1 aromatic rings. The van der Waals surface area contributed by atoms with Gasteiger partial charge >= 0.3 is 0 Å². The number of ether oxygens (including phenoxy) is 1. The highest BCUT2D eigenvalue weighted by Gasteiger charge is 2.18. The maximum Gasteiger partial charge on any atom is 0.223 e. The van der Waals surface area contributed by atoms with Crippen molar-refractivity contribution in [2.75, 3.05) is 19.7 Å². The molecule has 1 aromatic carbocycles. The van der Waals surface area contributed by atoms with Crippen molar-refractivity contribution in [2.24, 2.45) is 0 Å². The third-order valence-electron chi connectivity index (χ3n) is 3.51. The van der Waals surface area contributed by atoms with Crippen LogP contribution in [0.3, 0.4) is 0 Å². The van der Waals surface area contributed by atoms with Crippen molar-refractivity contribution >= 4 is 11.7 Å². The molecule has 0 spiro atoms. The Morgan fingerprint density at radius 1 is 1.10 bits per heavy atom. The van der Waals surface area contributed by atoms with Crippen LogP contribution in [0.1, 0.15) is 43.0 Å². The quantitative estimate of drug-likeness (QED) is 0.750. The fourth-order valence-electron chi connectivity index (χ4n) is 2.39. The first-order chi connectivity index (χ1) is 9.70. The first-order valence-electron chi connectivity index (χ1n) is 7.24. The zero-order valence-electron chi connectivity index (χ0n) is 11.9. The summed E-state index contributed by atoms with van der Waals surface area (Å²) in [7, 11) is 0. The van der Waals surface area contributed by atoms with Gasteiger partial charge in [-0.1, -0.05) is 0 Å². The monoisotopic (exact) mass is 275 g/mol. The lowest BCUT2D eigenvalue weighted by Gasteiger charge is -2.14. The van der Waals surface area contributed by atoms with Gasteiger partial charge in [-0.05, 0) is 44.0 Å². The molecule has 0 unspecified atom stereocenters. The molecule has 0 atom stereocenters. The first-order valence-corrected chi connectivity index (χ1v) is 7.24. The minimum absolute atomic E-state index is 0.0144. The van der Waals surface area contributed by atoms with Crippen LogP contribution in [0.5, 0.6) is 5.75 Å². The molecule has 1 saturated heterocycles. The normalized spacial score (nSPS) is 14.3. The summed E-state index contributed by atoms with van der Waals surface area (Å²) in [5.74, 6) is 0.875. The Morgan fingerprint density at radius 3 is 2.35 bits per heavy atom. The molecule has 0 bridgehead atoms. The van der Waals surface area contributed by atoms with Gasteiger partial charge in [0.1, 0.15) is 5.75 Å². The minimum atomic E-state index is 0.0144. The van der Waals surface area contributed by atoms with E-state index in [1.807, 2.05) is 11.8 Å². The van der Waals surface area contributed by atoms with E-state index in [1.165, 1.54) is 0 Å². The average Bonchev–Trinajstić information content (AvgIpc) is 3.00. The Bertz CT molecular complexity index is 461. The van der Waals surface area contributed by atoms with Crippen molar-refractivity contribution < 1.29 is 14.3 Å². The van der Waals surface area contributed by atoms with E-state index in [0.717, 1.165) is 31.7 Å². The minimum Gasteiger partial charge on any atom is -0.494 e. The number of Topliss-reactive ketones (excluding diaryl/α,β-unsaturated/α-hetero) is 1. The number of rotatable bonds is 6. The van der Waals surface area contributed by atoms with Crippen LogP contribution < -0.4 is 4.74 Å². The maximum absolute atomic E-state index is 12.0. The summed E-state index contributed by atoms with van der Waals surface area (Å²) in [6, 6.07) is 7.10. The van der Waals surface area contributed by atoms with E-state index in [0.29, 0.717) is 18.6 Å². The summed E-state index contributed by atoms with van der Waals surface area (Å²) < 4.78 is 5.33. The lowest BCUT2D eigenvalue weighted by atomic mass is 10.1. The van der Waals surface area contributed by atoms with Gasteiger partial charge in [0, 0.05) is 31.5 Å². The van der Waals surface area contributed by atoms with E-state index in [2.05, 4.69) is 0 Å². The van der Waals surface area contributed by atoms with Crippen LogP contribution in [0.25, 0.3) is 0 Å². The molecule has 0 N–H and O–H groups in total. The van der Waals surface area contributed by atoms with Gasteiger partial charge in [0.25, 0.3) is 0 Å². The highest BCUT2D eigenvalue weighted by Crippen LogP contribution is 2.15. The summed E-state index contributed by atoms with van der Waals surface area (Å²) in [6.45, 7) is 4.22. The molecule has 0 aliphatic carbocycles. The molecule has 1 aliphatic heterocycles. The summed E-state index contributed by atoms with van der Waals surface area (Å²) in [4.78, 5) is 25.7. The number of amides is 1. The summed E-state index contributed by atoms with van der Waals surface area (Å²) in [6.07, 6.45) is 2.76. The van der Waals surface area contributed by atoms with Crippen molar-refractivity contribution in [3.63, 3.8) is 0 Å². The number of nitrogens with zero attached hydrogens (tertiary/aromatic N) is 1. The third-order valence-corrected chi connectivity index (χ3v) is 3.51. The van der Waals surface area contributed by atoms with Crippen molar-refractivity contribution in [3.05, 3.63) is 29.8 Å². The largest absolute Gasteiger partial charge is 0.494 e. The summed E-state index contributed by atoms with van der Waals surface area (Å²) in [5, 5.41) is 0. The van der Waals surface area contributed by atoms with Gasteiger partial charge in [0.05, 0.1) is 6.61 Å². The second kappa shape index (κ2) is 7.08. The van der Waals surface area contributed by atoms with Gasteiger partial charge < -0.3 is 9.64 Å². The molecule has 1 fully saturated rings. The lowest BCUT2D eigenvalue weighted by molar-refractivity contribution is -0.130. The number of ketones is 1. The number of hydrogen-bond donors (Lipinski definition) is 0. The number of benzene rings is 1. The van der Waals surface area contributed by atoms with Gasteiger partial charge in [0.15, 0.2) is 5.78 Å². The first kappa shape index (κ1) is 14.6. The smallest absolute Gasteiger partial charge is 0.223 e. The van der Waals surface area contributed by atoms with Gasteiger partial charge in [-0.2, -0.15) is 0 Å². The molecule has 1 amide bonds. The Labute approximate surface area is 119 Å². The van der Waals surface area contributed by atoms with Crippen molar-refractivity contribution in [1.82, 2.24) is 4.90 Å². The van der Waals surface area contributed by atoms with E-state index in [-0.39, 0.29) is 18.1 Å². The maximum atomic E-state index is 12.0. The number of carbonyl (C=O) groups excluding carboxylic acids is 2. The van der Waals surface area contributed by atoms with Gasteiger partial charge in [-0.3, -0.25) is 9.59 Å². The predicted molar refractivity (Wildman–Crippen MR) is 77.0 cm³/mol. The molecule has 1 heterocycles. The third kappa shape index (κ3) is 3.83. The Morgan fingerprint density at radius 2 is 1.75 bits per heavy atom. The topological polar surface area (TPSA) is 46.6 Å². The fourth-order valence-corrected chi connectivity index (χ4v) is 2.39. The summed E-state index contributed by atoms with van der Waals surface area (Å²) >= 11 is 0. The second-order valence-corrected chi connectivity index (χ2v) is 4.97. The number of carbonyl (C=O) groups is 2. The van der Waals surface area contributed by atoms with E-state index in [1.54, 1.807) is 24.3 Å². The zero-order valence-corrected chi connectivity index (χ0v) is 11.9. The van der Waals surface area contributed by atoms with Crippen molar-refractivity contribution in [1.29, 1.82) is 0 Å². The fraction of sp³-hybridized carbons (Fsp3) is 0.500. The van der Waals surface area contributed by atoms with Crippen LogP contribution in [-0.2, 0) is 4.79 Å². The van der Waals surface area contributed by atoms with Crippen molar-refractivity contribution in [3.8, 4) is 5.75 Å². The zero-order chi connectivity index (χ0) is 14.4. The van der Waals surface area contributed by atoms with Crippen LogP contribution in [0, 0.1) is 0 Å². The molecule has 2 rings (SSSR count). The van der Waals surface area contributed by atoms with Crippen LogP contribution in [0.4, 0.5) is 0 Å². The van der Waals surface area contributed by atoms with E-state index in [4.69, 9.17) is 4.74 Å². The Balaban J connectivity index is 1.83. The molecule has 0 saturated carbocycles. The molecule has 4 nitrogen and oxygen atoms in total. The average molecular weight is 275 g/mol. The summed E-state index contributed by atoms with van der Waals surface area (Å²) in [5.41, 5.74) is 0.641. The van der Waals surface area contributed by atoms with E-state index >= 15 is 0 Å². The van der Waals surface area contributed by atoms with E-state index in [9.17, 15) is 9.59 Å². The SMILES string of the molecule is CCOc1ccc(C(=O)CCC(=O)N2CCCC2)cc1. The Hall–Kier alpha value is -1.84. The molecule has 20 heavy (non-hydrogen) atoms. The van der Waals surface area contributed by atoms with Crippen LogP contribution >= 0.6 is 0 Å². The molecule has 0 aromatic heterocycles. The molecular weight excluding hydrogens is 254 g/mol. The molecule has 1 aliphatic rings. The molecule has 4 heteroatoms. The highest BCUT2D eigenvalue weighted by atomic mass is 16.5. The van der Waals surface area contributed by atoms with Crippen LogP contribution in [0.15, 0.2) is 24.3 Å². The van der Waals surface area contributed by atoms with Crippen molar-refractivity contribution in [2.45, 2.75) is 32.6 Å². The van der Waals surface area contributed by atoms with Gasteiger partial charge in [-0.15, -0.1) is 0 Å². The molecule has 108 valence electrons. The van der Waals surface area contributed by atoms with Gasteiger partial charge in [-0.25, -0.2) is 0 Å². The van der Waals surface area contributed by atoms with Gasteiger partial charge in [0.2, 0.25) is 5.91 Å². The molecular formula is C16H21NO3. The number of likely N-dealkylation sites (tertiary alicyclic amines) is 1. The second-order valence-electron chi connectivity index (χ2n) is 4.97. The highest BCUT2D eigenvalue weighted by molar-refractivity contribution is 5.98. The lowest BCUT2D eigenvalue weighted by Crippen LogP contribution is -2.27.